The zero-order valence-electron chi connectivity index (χ0n) is 23.3. The zero-order chi connectivity index (χ0) is 28.6. The molecule has 212 valence electrons. The van der Waals surface area contributed by atoms with Gasteiger partial charge >= 0.3 is 17.9 Å². The first-order valence-corrected chi connectivity index (χ1v) is 13.3. The van der Waals surface area contributed by atoms with Gasteiger partial charge in [-0.3, -0.25) is 19.1 Å². The van der Waals surface area contributed by atoms with Crippen LogP contribution in [-0.4, -0.2) is 59.0 Å². The van der Waals surface area contributed by atoms with Crippen LogP contribution in [0.4, 0.5) is 0 Å². The second kappa shape index (κ2) is 11.3. The lowest BCUT2D eigenvalue weighted by Crippen LogP contribution is -2.63. The number of carbonyl (C=O) groups is 3. The molecule has 9 heteroatoms. The molecule has 0 bridgehead atoms. The van der Waals surface area contributed by atoms with E-state index in [1.165, 1.54) is 19.9 Å². The number of aliphatic hydroxyl groups is 2. The smallest absolute Gasteiger partial charge is 0.309 e. The minimum atomic E-state index is -1.29. The topological polar surface area (TPSA) is 129 Å². The molecule has 0 aromatic carbocycles. The Morgan fingerprint density at radius 2 is 1.84 bits per heavy atom. The van der Waals surface area contributed by atoms with E-state index in [0.717, 1.165) is 0 Å². The molecule has 2 fully saturated rings. The standard InChI is InChI=1S/C29H42O9/c1-9-15(3)22(32)14-28(8)17(5)11-24(33)29-21(26(35-18(6)30)38-27(29)36-19(7)31)12-20(13-23(28)29)37-25(34)16(4)10-2/h9,12,16-17,20,22-24,26-27,32-33H,1,3,10-11,13-14H2,2,4-8H3/t16?,17-,20+,22-,23+,24+,26+,27-,28-,29-/m0/s1. The number of aliphatic hydroxyl groups excluding tert-OH is 2. The number of esters is 3. The van der Waals surface area contributed by atoms with Crippen LogP contribution in [-0.2, 0) is 33.3 Å². The second-order valence-corrected chi connectivity index (χ2v) is 11.3. The Morgan fingerprint density at radius 1 is 1.21 bits per heavy atom. The summed E-state index contributed by atoms with van der Waals surface area (Å²) in [4.78, 5) is 37.0. The van der Waals surface area contributed by atoms with Crippen LogP contribution in [0.2, 0.25) is 0 Å². The van der Waals surface area contributed by atoms with Gasteiger partial charge in [0.1, 0.15) is 6.10 Å². The van der Waals surface area contributed by atoms with Gasteiger partial charge in [-0.1, -0.05) is 46.9 Å². The van der Waals surface area contributed by atoms with Gasteiger partial charge in [0.2, 0.25) is 12.6 Å². The van der Waals surface area contributed by atoms with E-state index in [1.807, 2.05) is 20.8 Å². The fraction of sp³-hybridized carbons (Fsp3) is 0.690. The minimum Gasteiger partial charge on any atom is -0.458 e. The van der Waals surface area contributed by atoms with Crippen LogP contribution in [0.3, 0.4) is 0 Å². The third kappa shape index (κ3) is 5.20. The molecule has 2 N–H and O–H groups in total. The molecule has 1 saturated carbocycles. The average molecular weight is 535 g/mol. The van der Waals surface area contributed by atoms with Gasteiger partial charge in [-0.05, 0) is 54.6 Å². The summed E-state index contributed by atoms with van der Waals surface area (Å²) in [6.45, 7) is 17.8. The molecule has 1 spiro atoms. The Balaban J connectivity index is 2.22. The van der Waals surface area contributed by atoms with Gasteiger partial charge < -0.3 is 24.4 Å². The molecule has 0 radical (unpaired) electrons. The molecule has 1 saturated heterocycles. The predicted molar refractivity (Wildman–Crippen MR) is 138 cm³/mol. The van der Waals surface area contributed by atoms with Gasteiger partial charge in [0.25, 0.3) is 0 Å². The monoisotopic (exact) mass is 534 g/mol. The summed E-state index contributed by atoms with van der Waals surface area (Å²) < 4.78 is 23.1. The van der Waals surface area contributed by atoms with Crippen molar-refractivity contribution in [1.82, 2.24) is 0 Å². The highest BCUT2D eigenvalue weighted by Crippen LogP contribution is 2.67. The van der Waals surface area contributed by atoms with Crippen molar-refractivity contribution in [2.45, 2.75) is 98.1 Å². The highest BCUT2D eigenvalue weighted by atomic mass is 16.8. The highest BCUT2D eigenvalue weighted by Gasteiger charge is 2.71. The second-order valence-electron chi connectivity index (χ2n) is 11.3. The molecule has 3 aliphatic rings. The van der Waals surface area contributed by atoms with Crippen molar-refractivity contribution in [3.05, 3.63) is 36.5 Å². The lowest BCUT2D eigenvalue weighted by molar-refractivity contribution is -0.256. The van der Waals surface area contributed by atoms with Gasteiger partial charge in [-0.15, -0.1) is 0 Å². The summed E-state index contributed by atoms with van der Waals surface area (Å²) in [5.41, 5.74) is -1.10. The number of rotatable bonds is 9. The first kappa shape index (κ1) is 30.1. The molecule has 0 aromatic heterocycles. The first-order chi connectivity index (χ1) is 17.7. The summed E-state index contributed by atoms with van der Waals surface area (Å²) in [5.74, 6) is -2.53. The van der Waals surface area contributed by atoms with Crippen LogP contribution in [0.15, 0.2) is 36.5 Å². The third-order valence-corrected chi connectivity index (χ3v) is 9.00. The van der Waals surface area contributed by atoms with Crippen LogP contribution in [0.1, 0.15) is 67.2 Å². The lowest BCUT2D eigenvalue weighted by Gasteiger charge is -2.60. The van der Waals surface area contributed by atoms with Gasteiger partial charge in [0.05, 0.1) is 23.5 Å². The summed E-state index contributed by atoms with van der Waals surface area (Å²) >= 11 is 0. The van der Waals surface area contributed by atoms with Crippen molar-refractivity contribution >= 4 is 17.9 Å². The van der Waals surface area contributed by atoms with E-state index >= 15 is 0 Å². The van der Waals surface area contributed by atoms with E-state index in [9.17, 15) is 24.6 Å². The minimum absolute atomic E-state index is 0.101. The van der Waals surface area contributed by atoms with Crippen molar-refractivity contribution in [1.29, 1.82) is 0 Å². The molecule has 0 aromatic rings. The summed E-state index contributed by atoms with van der Waals surface area (Å²) in [5, 5.41) is 22.8. The van der Waals surface area contributed by atoms with E-state index in [0.29, 0.717) is 24.0 Å². The van der Waals surface area contributed by atoms with E-state index in [-0.39, 0.29) is 30.6 Å². The van der Waals surface area contributed by atoms with Crippen LogP contribution in [0.5, 0.6) is 0 Å². The maximum atomic E-state index is 12.8. The molecule has 1 aliphatic heterocycles. The Kier molecular flexibility index (Phi) is 8.95. The fourth-order valence-electron chi connectivity index (χ4n) is 6.52. The molecule has 1 heterocycles. The van der Waals surface area contributed by atoms with E-state index < -0.39 is 59.6 Å². The number of hydrogen-bond acceptors (Lipinski definition) is 9. The summed E-state index contributed by atoms with van der Waals surface area (Å²) in [7, 11) is 0. The summed E-state index contributed by atoms with van der Waals surface area (Å²) in [6.07, 6.45) is -0.516. The molecular formula is C29H42O9. The van der Waals surface area contributed by atoms with Gasteiger partial charge in [-0.2, -0.15) is 0 Å². The molecule has 3 rings (SSSR count). The third-order valence-electron chi connectivity index (χ3n) is 9.00. The average Bonchev–Trinajstić information content (AvgIpc) is 3.13. The highest BCUT2D eigenvalue weighted by molar-refractivity contribution is 5.72. The molecular weight excluding hydrogens is 492 g/mol. The fourth-order valence-corrected chi connectivity index (χ4v) is 6.52. The summed E-state index contributed by atoms with van der Waals surface area (Å²) in [6, 6.07) is 0. The first-order valence-electron chi connectivity index (χ1n) is 13.3. The molecule has 38 heavy (non-hydrogen) atoms. The van der Waals surface area contributed by atoms with Crippen LogP contribution in [0, 0.1) is 28.6 Å². The molecule has 10 atom stereocenters. The van der Waals surface area contributed by atoms with E-state index in [1.54, 1.807) is 13.0 Å². The normalized spacial score (nSPS) is 37.5. The van der Waals surface area contributed by atoms with Crippen molar-refractivity contribution in [2.75, 3.05) is 0 Å². The Morgan fingerprint density at radius 3 is 2.39 bits per heavy atom. The van der Waals surface area contributed by atoms with Crippen LogP contribution >= 0.6 is 0 Å². The predicted octanol–water partition coefficient (Wildman–Crippen LogP) is 3.59. The Labute approximate surface area is 224 Å². The number of hydrogen-bond donors (Lipinski definition) is 2. The van der Waals surface area contributed by atoms with E-state index in [4.69, 9.17) is 18.9 Å². The molecule has 2 aliphatic carbocycles. The van der Waals surface area contributed by atoms with Gasteiger partial charge in [-0.25, -0.2) is 0 Å². The van der Waals surface area contributed by atoms with Gasteiger partial charge in [0.15, 0.2) is 0 Å². The zero-order valence-corrected chi connectivity index (χ0v) is 23.3. The van der Waals surface area contributed by atoms with Crippen LogP contribution in [0.25, 0.3) is 0 Å². The molecule has 0 amide bonds. The SMILES string of the molecule is C=CC(=C)[C@@H](O)C[C@]1(C)[C@H]2C[C@H](OC(=O)C(C)CC)C=C3[C@H](OC(C)=O)O[C@H](OC(C)=O)[C@@]32[C@H](O)C[C@@H]1C. The molecule has 9 nitrogen and oxygen atoms in total. The Hall–Kier alpha value is -2.49. The van der Waals surface area contributed by atoms with E-state index in [2.05, 4.69) is 13.2 Å². The Bertz CT molecular complexity index is 1000. The quantitative estimate of drug-likeness (QED) is 0.197. The van der Waals surface area contributed by atoms with Crippen molar-refractivity contribution in [3.63, 3.8) is 0 Å². The van der Waals surface area contributed by atoms with Crippen molar-refractivity contribution in [3.8, 4) is 0 Å². The number of ether oxygens (including phenoxy) is 4. The van der Waals surface area contributed by atoms with Crippen molar-refractivity contribution in [2.24, 2.45) is 28.6 Å². The number of carbonyl (C=O) groups excluding carboxylic acids is 3. The van der Waals surface area contributed by atoms with Crippen LogP contribution < -0.4 is 0 Å². The molecule has 1 unspecified atom stereocenters. The van der Waals surface area contributed by atoms with Crippen molar-refractivity contribution < 1.29 is 43.5 Å². The van der Waals surface area contributed by atoms with Gasteiger partial charge in [0, 0.05) is 19.4 Å². The largest absolute Gasteiger partial charge is 0.458 e. The lowest BCUT2D eigenvalue weighted by atomic mass is 9.44. The maximum Gasteiger partial charge on any atom is 0.309 e. The maximum absolute atomic E-state index is 12.8.